The summed E-state index contributed by atoms with van der Waals surface area (Å²) < 4.78 is 5.07. The average Bonchev–Trinajstić information content (AvgIpc) is 2.74. The lowest BCUT2D eigenvalue weighted by atomic mass is 9.49. The predicted octanol–water partition coefficient (Wildman–Crippen LogP) is 4.12. The zero-order valence-electron chi connectivity index (χ0n) is 20.2. The molecule has 0 aliphatic heterocycles. The summed E-state index contributed by atoms with van der Waals surface area (Å²) in [4.78, 5) is 48.8. The highest BCUT2D eigenvalue weighted by molar-refractivity contribution is 5.99. The van der Waals surface area contributed by atoms with Crippen molar-refractivity contribution in [1.29, 1.82) is 0 Å². The summed E-state index contributed by atoms with van der Waals surface area (Å²) >= 11 is 0. The molecule has 1 aromatic carbocycles. The second-order valence-corrected chi connectivity index (χ2v) is 11.2. The molecule has 0 heterocycles. The van der Waals surface area contributed by atoms with Crippen LogP contribution in [0.5, 0.6) is 0 Å². The molecular formula is C27H36N2O5. The van der Waals surface area contributed by atoms with E-state index in [1.54, 1.807) is 24.3 Å². The van der Waals surface area contributed by atoms with E-state index in [1.165, 1.54) is 19.3 Å². The Kier molecular flexibility index (Phi) is 7.39. The Hall–Kier alpha value is -2.70. The van der Waals surface area contributed by atoms with Gasteiger partial charge in [0, 0.05) is 24.1 Å². The lowest BCUT2D eigenvalue weighted by Crippen LogP contribution is -2.48. The first-order valence-corrected chi connectivity index (χ1v) is 12.5. The first-order valence-electron chi connectivity index (χ1n) is 12.5. The number of carbonyl (C=O) groups is 4. The minimum atomic E-state index is -0.621. The number of hydrogen-bond acceptors (Lipinski definition) is 5. The van der Waals surface area contributed by atoms with Crippen molar-refractivity contribution in [2.45, 2.75) is 65.2 Å². The van der Waals surface area contributed by atoms with Crippen LogP contribution in [0.3, 0.4) is 0 Å². The molecule has 34 heavy (non-hydrogen) atoms. The maximum Gasteiger partial charge on any atom is 0.325 e. The minimum absolute atomic E-state index is 0.0757. The molecule has 4 bridgehead atoms. The third-order valence-electron chi connectivity index (χ3n) is 7.58. The van der Waals surface area contributed by atoms with Crippen LogP contribution in [0.1, 0.15) is 75.6 Å². The molecule has 7 nitrogen and oxygen atoms in total. The zero-order valence-corrected chi connectivity index (χ0v) is 20.2. The number of carbonyl (C=O) groups excluding carboxylic acids is 4. The number of anilines is 1. The molecule has 2 N–H and O–H groups in total. The highest BCUT2D eigenvalue weighted by Crippen LogP contribution is 2.61. The van der Waals surface area contributed by atoms with Gasteiger partial charge in [-0.25, -0.2) is 0 Å². The third kappa shape index (κ3) is 6.24. The zero-order chi connectivity index (χ0) is 24.3. The maximum absolute atomic E-state index is 12.5. The molecule has 5 rings (SSSR count). The number of hydrogen-bond donors (Lipinski definition) is 2. The summed E-state index contributed by atoms with van der Waals surface area (Å²) in [5.41, 5.74) is 1.13. The molecule has 0 aromatic heterocycles. The largest absolute Gasteiger partial charge is 0.456 e. The van der Waals surface area contributed by atoms with Crippen molar-refractivity contribution in [2.75, 3.05) is 18.5 Å². The van der Waals surface area contributed by atoms with Crippen molar-refractivity contribution in [1.82, 2.24) is 5.32 Å². The van der Waals surface area contributed by atoms with Crippen LogP contribution < -0.4 is 10.6 Å². The van der Waals surface area contributed by atoms with Crippen LogP contribution in [0.2, 0.25) is 0 Å². The van der Waals surface area contributed by atoms with E-state index in [0.29, 0.717) is 24.1 Å². The van der Waals surface area contributed by atoms with Gasteiger partial charge in [0.2, 0.25) is 11.8 Å². The summed E-state index contributed by atoms with van der Waals surface area (Å²) in [5.74, 6) is 1.46. The molecular weight excluding hydrogens is 432 g/mol. The van der Waals surface area contributed by atoms with Gasteiger partial charge in [0.25, 0.3) is 0 Å². The number of rotatable bonds is 10. The number of amides is 2. The molecule has 4 fully saturated rings. The standard InChI is InChI=1S/C27H36N2O5/c1-17(2)7-24(31)29-22-5-3-21(4-6-22)23(30)16-34-26(33)15-28-25(32)14-27-11-18-8-19(12-27)10-20(9-18)13-27/h3-6,17-20H,7-16H2,1-2H3,(H,28,32)(H,29,31). The van der Waals surface area contributed by atoms with Crippen molar-refractivity contribution >= 4 is 29.3 Å². The Bertz CT molecular complexity index is 902. The van der Waals surface area contributed by atoms with Gasteiger partial charge in [-0.2, -0.15) is 0 Å². The normalized spacial score (nSPS) is 26.9. The molecule has 184 valence electrons. The van der Waals surface area contributed by atoms with Gasteiger partial charge in [0.15, 0.2) is 12.4 Å². The lowest BCUT2D eigenvalue weighted by molar-refractivity contribution is -0.143. The van der Waals surface area contributed by atoms with Gasteiger partial charge in [-0.3, -0.25) is 19.2 Å². The number of ketones is 1. The summed E-state index contributed by atoms with van der Waals surface area (Å²) in [7, 11) is 0. The fourth-order valence-corrected chi connectivity index (χ4v) is 6.68. The Morgan fingerprint density at radius 3 is 2.09 bits per heavy atom. The summed E-state index contributed by atoms with van der Waals surface area (Å²) in [6.07, 6.45) is 8.34. The number of nitrogens with one attached hydrogen (secondary N) is 2. The quantitative estimate of drug-likeness (QED) is 0.397. The van der Waals surface area contributed by atoms with E-state index >= 15 is 0 Å². The third-order valence-corrected chi connectivity index (χ3v) is 7.58. The van der Waals surface area contributed by atoms with Crippen molar-refractivity contribution in [3.05, 3.63) is 29.8 Å². The molecule has 4 saturated carbocycles. The van der Waals surface area contributed by atoms with Gasteiger partial charge in [0.1, 0.15) is 6.54 Å². The van der Waals surface area contributed by atoms with Crippen LogP contribution in [0, 0.1) is 29.1 Å². The van der Waals surface area contributed by atoms with Crippen molar-refractivity contribution in [2.24, 2.45) is 29.1 Å². The Morgan fingerprint density at radius 2 is 1.53 bits per heavy atom. The molecule has 4 aliphatic rings. The van der Waals surface area contributed by atoms with Gasteiger partial charge in [0.05, 0.1) is 0 Å². The second kappa shape index (κ2) is 10.3. The smallest absolute Gasteiger partial charge is 0.325 e. The molecule has 1 aromatic rings. The first-order chi connectivity index (χ1) is 16.2. The van der Waals surface area contributed by atoms with Crippen molar-refractivity contribution < 1.29 is 23.9 Å². The van der Waals surface area contributed by atoms with Gasteiger partial charge in [-0.1, -0.05) is 13.8 Å². The van der Waals surface area contributed by atoms with E-state index in [0.717, 1.165) is 37.0 Å². The topological polar surface area (TPSA) is 102 Å². The van der Waals surface area contributed by atoms with Crippen LogP contribution >= 0.6 is 0 Å². The molecule has 4 aliphatic carbocycles. The molecule has 0 atom stereocenters. The monoisotopic (exact) mass is 468 g/mol. The second-order valence-electron chi connectivity index (χ2n) is 11.2. The number of esters is 1. The molecule has 0 radical (unpaired) electrons. The maximum atomic E-state index is 12.5. The van der Waals surface area contributed by atoms with Crippen LogP contribution in [0.4, 0.5) is 5.69 Å². The Morgan fingerprint density at radius 1 is 0.941 bits per heavy atom. The number of ether oxygens (including phenoxy) is 1. The first kappa shape index (κ1) is 24.4. The number of benzene rings is 1. The van der Waals surface area contributed by atoms with Gasteiger partial charge in [-0.05, 0) is 91.9 Å². The fourth-order valence-electron chi connectivity index (χ4n) is 6.68. The minimum Gasteiger partial charge on any atom is -0.456 e. The fraction of sp³-hybridized carbons (Fsp3) is 0.630. The van der Waals surface area contributed by atoms with Crippen LogP contribution in [0.15, 0.2) is 24.3 Å². The Labute approximate surface area is 201 Å². The van der Waals surface area contributed by atoms with E-state index in [4.69, 9.17) is 4.74 Å². The Balaban J connectivity index is 1.16. The van der Waals surface area contributed by atoms with Gasteiger partial charge < -0.3 is 15.4 Å². The summed E-state index contributed by atoms with van der Waals surface area (Å²) in [6.45, 7) is 3.33. The van der Waals surface area contributed by atoms with Gasteiger partial charge >= 0.3 is 5.97 Å². The highest BCUT2D eigenvalue weighted by atomic mass is 16.5. The lowest BCUT2D eigenvalue weighted by Gasteiger charge is -2.56. The molecule has 0 unspecified atom stereocenters. The van der Waals surface area contributed by atoms with Gasteiger partial charge in [-0.15, -0.1) is 0 Å². The predicted molar refractivity (Wildman–Crippen MR) is 128 cm³/mol. The highest BCUT2D eigenvalue weighted by Gasteiger charge is 2.51. The molecule has 0 spiro atoms. The summed E-state index contributed by atoms with van der Waals surface area (Å²) in [5, 5.41) is 5.48. The van der Waals surface area contributed by atoms with Crippen LogP contribution in [-0.4, -0.2) is 36.7 Å². The van der Waals surface area contributed by atoms with E-state index in [9.17, 15) is 19.2 Å². The van der Waals surface area contributed by atoms with Crippen LogP contribution in [0.25, 0.3) is 0 Å². The average molecular weight is 469 g/mol. The molecule has 0 saturated heterocycles. The molecule has 7 heteroatoms. The number of Topliss-reactive ketones (excluding diaryl/α,β-unsaturated/α-hetero) is 1. The summed E-state index contributed by atoms with van der Waals surface area (Å²) in [6, 6.07) is 6.48. The van der Waals surface area contributed by atoms with E-state index < -0.39 is 5.97 Å². The van der Waals surface area contributed by atoms with E-state index in [1.807, 2.05) is 13.8 Å². The SMILES string of the molecule is CC(C)CC(=O)Nc1ccc(C(=O)COC(=O)CNC(=O)CC23CC4CC(CC(C4)C2)C3)cc1. The van der Waals surface area contributed by atoms with Crippen LogP contribution in [-0.2, 0) is 19.1 Å². The van der Waals surface area contributed by atoms with Crippen molar-refractivity contribution in [3.63, 3.8) is 0 Å². The van der Waals surface area contributed by atoms with E-state index in [-0.39, 0.29) is 42.1 Å². The van der Waals surface area contributed by atoms with E-state index in [2.05, 4.69) is 10.6 Å². The van der Waals surface area contributed by atoms with Crippen molar-refractivity contribution in [3.8, 4) is 0 Å². The molecule has 2 amide bonds.